The molecule has 0 aliphatic heterocycles. The normalized spacial score (nSPS) is 12.7. The molecule has 0 fully saturated rings. The van der Waals surface area contributed by atoms with Gasteiger partial charge in [-0.1, -0.05) is 22.9 Å². The van der Waals surface area contributed by atoms with Gasteiger partial charge >= 0.3 is 0 Å². The van der Waals surface area contributed by atoms with Gasteiger partial charge in [0.25, 0.3) is 0 Å². The Morgan fingerprint density at radius 3 is 2.72 bits per heavy atom. The van der Waals surface area contributed by atoms with Crippen LogP contribution in [0.5, 0.6) is 0 Å². The molecule has 0 aliphatic rings. The quantitative estimate of drug-likeness (QED) is 0.762. The van der Waals surface area contributed by atoms with Gasteiger partial charge in [-0.15, -0.1) is 11.3 Å². The van der Waals surface area contributed by atoms with Crippen molar-refractivity contribution in [2.24, 2.45) is 0 Å². The van der Waals surface area contributed by atoms with Gasteiger partial charge in [-0.25, -0.2) is 4.39 Å². The first-order valence-electron chi connectivity index (χ1n) is 5.54. The van der Waals surface area contributed by atoms with Crippen LogP contribution in [0.25, 0.3) is 0 Å². The Balaban J connectivity index is 2.44. The lowest BCUT2D eigenvalue weighted by Crippen LogP contribution is -2.22. The van der Waals surface area contributed by atoms with E-state index < -0.39 is 0 Å². The van der Waals surface area contributed by atoms with Crippen molar-refractivity contribution in [3.63, 3.8) is 0 Å². The maximum absolute atomic E-state index is 14.0. The van der Waals surface area contributed by atoms with Gasteiger partial charge in [-0.05, 0) is 57.7 Å². The third-order valence-corrected chi connectivity index (χ3v) is 4.61. The lowest BCUT2D eigenvalue weighted by molar-refractivity contribution is 0.559. The molecule has 18 heavy (non-hydrogen) atoms. The van der Waals surface area contributed by atoms with Crippen LogP contribution >= 0.6 is 43.2 Å². The number of benzene rings is 1. The highest BCUT2D eigenvalue weighted by Gasteiger charge is 2.18. The molecule has 1 heterocycles. The maximum Gasteiger partial charge on any atom is 0.128 e. The number of nitrogens with one attached hydrogen (secondary N) is 1. The van der Waals surface area contributed by atoms with Crippen LogP contribution < -0.4 is 5.32 Å². The Morgan fingerprint density at radius 2 is 2.11 bits per heavy atom. The summed E-state index contributed by atoms with van der Waals surface area (Å²) < 4.78 is 15.9. The van der Waals surface area contributed by atoms with Crippen LogP contribution in [0.15, 0.2) is 37.9 Å². The fourth-order valence-electron chi connectivity index (χ4n) is 1.82. The van der Waals surface area contributed by atoms with Crippen molar-refractivity contribution < 1.29 is 4.39 Å². The molecule has 0 radical (unpaired) electrons. The molecule has 2 aromatic rings. The van der Waals surface area contributed by atoms with Gasteiger partial charge in [-0.2, -0.15) is 0 Å². The average Bonchev–Trinajstić information content (AvgIpc) is 2.76. The summed E-state index contributed by atoms with van der Waals surface area (Å²) in [5.74, 6) is -0.188. The Kier molecular flexibility index (Phi) is 4.95. The van der Waals surface area contributed by atoms with Crippen molar-refractivity contribution in [3.8, 4) is 0 Å². The Labute approximate surface area is 127 Å². The van der Waals surface area contributed by atoms with Crippen LogP contribution in [0.1, 0.15) is 24.1 Å². The smallest absolute Gasteiger partial charge is 0.128 e. The first kappa shape index (κ1) is 14.2. The van der Waals surface area contributed by atoms with E-state index in [-0.39, 0.29) is 11.9 Å². The monoisotopic (exact) mass is 391 g/mol. The highest BCUT2D eigenvalue weighted by molar-refractivity contribution is 9.11. The zero-order chi connectivity index (χ0) is 13.1. The van der Waals surface area contributed by atoms with E-state index in [1.807, 2.05) is 24.4 Å². The van der Waals surface area contributed by atoms with E-state index in [2.05, 4.69) is 37.2 Å². The summed E-state index contributed by atoms with van der Waals surface area (Å²) in [6.45, 7) is 2.80. The molecule has 5 heteroatoms. The van der Waals surface area contributed by atoms with Crippen LogP contribution in [-0.2, 0) is 0 Å². The molecule has 0 bridgehead atoms. The first-order chi connectivity index (χ1) is 8.61. The van der Waals surface area contributed by atoms with Crippen LogP contribution in [-0.4, -0.2) is 6.54 Å². The van der Waals surface area contributed by atoms with Crippen molar-refractivity contribution in [3.05, 3.63) is 54.8 Å². The fraction of sp³-hybridized carbons (Fsp3) is 0.231. The average molecular weight is 393 g/mol. The summed E-state index contributed by atoms with van der Waals surface area (Å²) in [7, 11) is 0. The molecule has 1 unspecified atom stereocenters. The standard InChI is InChI=1S/C13H12Br2FNS/c1-2-17-13(8-5-12(15)18-7-8)10-6-9(14)3-4-11(10)16/h3-7,13,17H,2H2,1H3. The van der Waals surface area contributed by atoms with E-state index in [4.69, 9.17) is 0 Å². The van der Waals surface area contributed by atoms with E-state index in [0.717, 1.165) is 20.4 Å². The van der Waals surface area contributed by atoms with E-state index in [0.29, 0.717) is 5.56 Å². The molecule has 1 nitrogen and oxygen atoms in total. The molecule has 0 saturated carbocycles. The number of hydrogen-bond acceptors (Lipinski definition) is 2. The van der Waals surface area contributed by atoms with Crippen molar-refractivity contribution >= 4 is 43.2 Å². The maximum atomic E-state index is 14.0. The topological polar surface area (TPSA) is 12.0 Å². The van der Waals surface area contributed by atoms with E-state index in [1.54, 1.807) is 17.4 Å². The summed E-state index contributed by atoms with van der Waals surface area (Å²) in [5.41, 5.74) is 1.74. The number of rotatable bonds is 4. The molecule has 0 spiro atoms. The minimum Gasteiger partial charge on any atom is -0.306 e. The molecule has 1 atom stereocenters. The van der Waals surface area contributed by atoms with Crippen molar-refractivity contribution in [2.75, 3.05) is 6.54 Å². The zero-order valence-corrected chi connectivity index (χ0v) is 13.7. The van der Waals surface area contributed by atoms with Crippen molar-refractivity contribution in [1.29, 1.82) is 0 Å². The second kappa shape index (κ2) is 6.28. The first-order valence-corrected chi connectivity index (χ1v) is 8.00. The van der Waals surface area contributed by atoms with Gasteiger partial charge < -0.3 is 5.32 Å². The molecule has 0 saturated heterocycles. The predicted molar refractivity (Wildman–Crippen MR) is 81.6 cm³/mol. The second-order valence-corrected chi connectivity index (χ2v) is 7.05. The fourth-order valence-corrected chi connectivity index (χ4v) is 3.40. The summed E-state index contributed by atoms with van der Waals surface area (Å²) in [5, 5.41) is 5.36. The molecule has 1 N–H and O–H groups in total. The Morgan fingerprint density at radius 1 is 1.33 bits per heavy atom. The summed E-state index contributed by atoms with van der Waals surface area (Å²) >= 11 is 8.44. The molecular formula is C13H12Br2FNS. The summed E-state index contributed by atoms with van der Waals surface area (Å²) in [6.07, 6.45) is 0. The minimum absolute atomic E-state index is 0.116. The highest BCUT2D eigenvalue weighted by Crippen LogP contribution is 2.31. The highest BCUT2D eigenvalue weighted by atomic mass is 79.9. The SMILES string of the molecule is CCNC(c1csc(Br)c1)c1cc(Br)ccc1F. The van der Waals surface area contributed by atoms with E-state index in [9.17, 15) is 4.39 Å². The van der Waals surface area contributed by atoms with Crippen LogP contribution in [0.3, 0.4) is 0 Å². The molecular weight excluding hydrogens is 381 g/mol. The second-order valence-electron chi connectivity index (χ2n) is 3.84. The summed E-state index contributed by atoms with van der Waals surface area (Å²) in [6, 6.07) is 6.94. The zero-order valence-electron chi connectivity index (χ0n) is 9.71. The number of thiophene rings is 1. The molecule has 0 aliphatic carbocycles. The van der Waals surface area contributed by atoms with E-state index >= 15 is 0 Å². The van der Waals surface area contributed by atoms with Gasteiger partial charge in [-0.3, -0.25) is 0 Å². The van der Waals surface area contributed by atoms with Gasteiger partial charge in [0.15, 0.2) is 0 Å². The van der Waals surface area contributed by atoms with Gasteiger partial charge in [0.1, 0.15) is 5.82 Å². The van der Waals surface area contributed by atoms with Gasteiger partial charge in [0, 0.05) is 10.0 Å². The largest absolute Gasteiger partial charge is 0.306 e. The van der Waals surface area contributed by atoms with Gasteiger partial charge in [0.2, 0.25) is 0 Å². The molecule has 0 amide bonds. The number of halogens is 3. The van der Waals surface area contributed by atoms with Gasteiger partial charge in [0.05, 0.1) is 9.83 Å². The molecule has 1 aromatic carbocycles. The van der Waals surface area contributed by atoms with Crippen LogP contribution in [0.2, 0.25) is 0 Å². The summed E-state index contributed by atoms with van der Waals surface area (Å²) in [4.78, 5) is 0. The molecule has 2 rings (SSSR count). The lowest BCUT2D eigenvalue weighted by Gasteiger charge is -2.18. The molecule has 96 valence electrons. The third kappa shape index (κ3) is 3.20. The Bertz CT molecular complexity index is 542. The predicted octanol–water partition coefficient (Wildman–Crippen LogP) is 5.11. The van der Waals surface area contributed by atoms with Crippen molar-refractivity contribution in [2.45, 2.75) is 13.0 Å². The minimum atomic E-state index is -0.188. The van der Waals surface area contributed by atoms with Crippen LogP contribution in [0.4, 0.5) is 4.39 Å². The third-order valence-electron chi connectivity index (χ3n) is 2.60. The van der Waals surface area contributed by atoms with Crippen LogP contribution in [0, 0.1) is 5.82 Å². The Hall–Kier alpha value is -0.230. The lowest BCUT2D eigenvalue weighted by atomic mass is 10.0. The number of hydrogen-bond donors (Lipinski definition) is 1. The van der Waals surface area contributed by atoms with E-state index in [1.165, 1.54) is 6.07 Å². The van der Waals surface area contributed by atoms with Crippen molar-refractivity contribution in [1.82, 2.24) is 5.32 Å². The molecule has 1 aromatic heterocycles.